The molecule has 2 aromatic rings. The maximum atomic E-state index is 12.7. The van der Waals surface area contributed by atoms with E-state index in [0.29, 0.717) is 21.8 Å². The lowest BCUT2D eigenvalue weighted by atomic mass is 10.2. The van der Waals surface area contributed by atoms with Crippen molar-refractivity contribution in [2.24, 2.45) is 0 Å². The van der Waals surface area contributed by atoms with Crippen LogP contribution in [0.3, 0.4) is 0 Å². The Morgan fingerprint density at radius 2 is 2.17 bits per heavy atom. The molecule has 1 aromatic carbocycles. The zero-order chi connectivity index (χ0) is 8.72. The monoisotopic (exact) mass is 184 g/mol. The summed E-state index contributed by atoms with van der Waals surface area (Å²) in [6.45, 7) is 1.75. The van der Waals surface area contributed by atoms with E-state index in [1.54, 1.807) is 13.0 Å². The van der Waals surface area contributed by atoms with Crippen LogP contribution in [0.2, 0.25) is 5.02 Å². The molecule has 0 atom stereocenters. The van der Waals surface area contributed by atoms with Crippen molar-refractivity contribution in [3.05, 3.63) is 34.8 Å². The Labute approximate surface area is 73.7 Å². The minimum atomic E-state index is -0.301. The molecule has 0 amide bonds. The first-order chi connectivity index (χ1) is 5.68. The molecule has 0 unspecified atom stereocenters. The van der Waals surface area contributed by atoms with E-state index in [9.17, 15) is 4.39 Å². The Hall–Kier alpha value is -1.02. The van der Waals surface area contributed by atoms with E-state index in [0.717, 1.165) is 0 Å². The first-order valence-electron chi connectivity index (χ1n) is 3.52. The van der Waals surface area contributed by atoms with Crippen molar-refractivity contribution in [1.29, 1.82) is 0 Å². The third-order valence-electron chi connectivity index (χ3n) is 1.75. The lowest BCUT2D eigenvalue weighted by Gasteiger charge is -1.87. The molecule has 1 aromatic heterocycles. The van der Waals surface area contributed by atoms with Gasteiger partial charge in [0, 0.05) is 5.39 Å². The molecule has 3 heteroatoms. The molecule has 62 valence electrons. The molecule has 12 heavy (non-hydrogen) atoms. The van der Waals surface area contributed by atoms with Gasteiger partial charge in [-0.3, -0.25) is 0 Å². The molecule has 0 fully saturated rings. The van der Waals surface area contributed by atoms with Gasteiger partial charge in [0.25, 0.3) is 0 Å². The van der Waals surface area contributed by atoms with E-state index in [-0.39, 0.29) is 5.82 Å². The molecule has 0 aliphatic carbocycles. The van der Waals surface area contributed by atoms with E-state index >= 15 is 0 Å². The van der Waals surface area contributed by atoms with Crippen LogP contribution >= 0.6 is 11.6 Å². The zero-order valence-corrected chi connectivity index (χ0v) is 7.15. The van der Waals surface area contributed by atoms with Crippen molar-refractivity contribution in [3.8, 4) is 0 Å². The maximum Gasteiger partial charge on any atom is 0.136 e. The molecule has 0 saturated carbocycles. The van der Waals surface area contributed by atoms with Gasteiger partial charge in [-0.1, -0.05) is 11.6 Å². The Balaban J connectivity index is 2.88. The van der Waals surface area contributed by atoms with Crippen LogP contribution in [0, 0.1) is 12.7 Å². The number of hydrogen-bond acceptors (Lipinski definition) is 1. The highest BCUT2D eigenvalue weighted by molar-refractivity contribution is 6.36. The summed E-state index contributed by atoms with van der Waals surface area (Å²) in [5.74, 6) is 0.322. The van der Waals surface area contributed by atoms with Gasteiger partial charge >= 0.3 is 0 Å². The molecule has 2 rings (SSSR count). The summed E-state index contributed by atoms with van der Waals surface area (Å²) in [6.07, 6.45) is 0. The van der Waals surface area contributed by atoms with Gasteiger partial charge in [-0.05, 0) is 25.1 Å². The number of fused-ring (bicyclic) bond motifs is 1. The highest BCUT2D eigenvalue weighted by Gasteiger charge is 2.08. The molecule has 0 aliphatic rings. The second-order valence-electron chi connectivity index (χ2n) is 2.61. The number of halogens is 2. The van der Waals surface area contributed by atoms with Crippen molar-refractivity contribution < 1.29 is 8.81 Å². The normalized spacial score (nSPS) is 10.9. The smallest absolute Gasteiger partial charge is 0.136 e. The number of benzene rings is 1. The quantitative estimate of drug-likeness (QED) is 0.611. The summed E-state index contributed by atoms with van der Waals surface area (Å²) < 4.78 is 18.0. The molecule has 0 saturated heterocycles. The van der Waals surface area contributed by atoms with Gasteiger partial charge in [-0.2, -0.15) is 0 Å². The van der Waals surface area contributed by atoms with Crippen LogP contribution in [0.5, 0.6) is 0 Å². The number of aryl methyl sites for hydroxylation is 1. The average molecular weight is 185 g/mol. The highest BCUT2D eigenvalue weighted by Crippen LogP contribution is 2.29. The SMILES string of the molecule is Cc1oc2ccc(F)cc2c1Cl. The number of rotatable bonds is 0. The van der Waals surface area contributed by atoms with E-state index in [2.05, 4.69) is 0 Å². The van der Waals surface area contributed by atoms with Crippen molar-refractivity contribution in [2.75, 3.05) is 0 Å². The van der Waals surface area contributed by atoms with Gasteiger partial charge in [0.15, 0.2) is 0 Å². The van der Waals surface area contributed by atoms with E-state index in [1.165, 1.54) is 12.1 Å². The van der Waals surface area contributed by atoms with Crippen LogP contribution in [0.25, 0.3) is 11.0 Å². The lowest BCUT2D eigenvalue weighted by Crippen LogP contribution is -1.70. The fraction of sp³-hybridized carbons (Fsp3) is 0.111. The summed E-state index contributed by atoms with van der Waals surface area (Å²) in [4.78, 5) is 0. The van der Waals surface area contributed by atoms with Crippen LogP contribution in [-0.4, -0.2) is 0 Å². The van der Waals surface area contributed by atoms with E-state index in [4.69, 9.17) is 16.0 Å². The predicted molar refractivity (Wildman–Crippen MR) is 45.9 cm³/mol. The third kappa shape index (κ3) is 0.994. The van der Waals surface area contributed by atoms with Gasteiger partial charge in [0.2, 0.25) is 0 Å². The first-order valence-corrected chi connectivity index (χ1v) is 3.90. The zero-order valence-electron chi connectivity index (χ0n) is 6.40. The van der Waals surface area contributed by atoms with E-state index < -0.39 is 0 Å². The molecule has 0 bridgehead atoms. The molecule has 0 aliphatic heterocycles. The van der Waals surface area contributed by atoms with Crippen LogP contribution in [0.15, 0.2) is 22.6 Å². The summed E-state index contributed by atoms with van der Waals surface area (Å²) in [5, 5.41) is 1.12. The van der Waals surface area contributed by atoms with Gasteiger partial charge in [-0.25, -0.2) is 4.39 Å². The second-order valence-corrected chi connectivity index (χ2v) is 2.99. The predicted octanol–water partition coefficient (Wildman–Crippen LogP) is 3.53. The standard InChI is InChI=1S/C9H6ClFO/c1-5-9(10)7-4-6(11)2-3-8(7)12-5/h2-4H,1H3. The molecular formula is C9H6ClFO. The van der Waals surface area contributed by atoms with Gasteiger partial charge in [0.1, 0.15) is 17.2 Å². The Morgan fingerprint density at radius 3 is 2.92 bits per heavy atom. The van der Waals surface area contributed by atoms with Crippen molar-refractivity contribution in [1.82, 2.24) is 0 Å². The van der Waals surface area contributed by atoms with Crippen molar-refractivity contribution in [3.63, 3.8) is 0 Å². The topological polar surface area (TPSA) is 13.1 Å². The number of hydrogen-bond donors (Lipinski definition) is 0. The molecule has 0 N–H and O–H groups in total. The Bertz CT molecular complexity index is 433. The molecule has 0 spiro atoms. The molecule has 0 radical (unpaired) electrons. The van der Waals surface area contributed by atoms with Gasteiger partial charge in [-0.15, -0.1) is 0 Å². The van der Waals surface area contributed by atoms with Crippen LogP contribution in [0.4, 0.5) is 4.39 Å². The van der Waals surface area contributed by atoms with Crippen LogP contribution < -0.4 is 0 Å². The Kier molecular flexibility index (Phi) is 1.58. The highest BCUT2D eigenvalue weighted by atomic mass is 35.5. The summed E-state index contributed by atoms with van der Waals surface area (Å²) in [7, 11) is 0. The minimum Gasteiger partial charge on any atom is -0.460 e. The maximum absolute atomic E-state index is 12.7. The third-order valence-corrected chi connectivity index (χ3v) is 2.22. The average Bonchev–Trinajstić information content (AvgIpc) is 2.31. The van der Waals surface area contributed by atoms with Crippen molar-refractivity contribution in [2.45, 2.75) is 6.92 Å². The van der Waals surface area contributed by atoms with Crippen LogP contribution in [-0.2, 0) is 0 Å². The van der Waals surface area contributed by atoms with Crippen LogP contribution in [0.1, 0.15) is 5.76 Å². The minimum absolute atomic E-state index is 0.301. The van der Waals surface area contributed by atoms with Gasteiger partial charge < -0.3 is 4.42 Å². The first kappa shape index (κ1) is 7.62. The fourth-order valence-electron chi connectivity index (χ4n) is 1.16. The summed E-state index contributed by atoms with van der Waals surface area (Å²) in [6, 6.07) is 4.29. The molecule has 1 heterocycles. The summed E-state index contributed by atoms with van der Waals surface area (Å²) in [5.41, 5.74) is 0.624. The largest absolute Gasteiger partial charge is 0.460 e. The van der Waals surface area contributed by atoms with Crippen molar-refractivity contribution >= 4 is 22.6 Å². The summed E-state index contributed by atoms with van der Waals surface area (Å²) >= 11 is 5.85. The van der Waals surface area contributed by atoms with E-state index in [1.807, 2.05) is 0 Å². The molecule has 1 nitrogen and oxygen atoms in total. The second kappa shape index (κ2) is 2.49. The number of furan rings is 1. The lowest BCUT2D eigenvalue weighted by molar-refractivity contribution is 0.577. The fourth-order valence-corrected chi connectivity index (χ4v) is 1.35. The molecular weight excluding hydrogens is 179 g/mol. The van der Waals surface area contributed by atoms with Gasteiger partial charge in [0.05, 0.1) is 5.02 Å². The Morgan fingerprint density at radius 1 is 1.42 bits per heavy atom.